The fraction of sp³-hybridized carbons (Fsp3) is 0.143. The van der Waals surface area contributed by atoms with Gasteiger partial charge in [0.25, 0.3) is 5.91 Å². The molecule has 1 amide bonds. The molecule has 4 nitrogen and oxygen atoms in total. The van der Waals surface area contributed by atoms with Crippen LogP contribution in [0.4, 0.5) is 11.4 Å². The van der Waals surface area contributed by atoms with E-state index in [1.807, 2.05) is 25.1 Å². The average Bonchev–Trinajstić information content (AvgIpc) is 2.38. The quantitative estimate of drug-likeness (QED) is 0.911. The highest BCUT2D eigenvalue weighted by Gasteiger charge is 2.12. The Morgan fingerprint density at radius 3 is 2.70 bits per heavy atom. The van der Waals surface area contributed by atoms with Crippen molar-refractivity contribution in [3.05, 3.63) is 51.7 Å². The fourth-order valence-electron chi connectivity index (χ4n) is 1.69. The zero-order valence-electron chi connectivity index (χ0n) is 11.0. The van der Waals surface area contributed by atoms with Crippen LogP contribution in [-0.2, 0) is 0 Å². The third-order valence-electron chi connectivity index (χ3n) is 2.66. The van der Waals surface area contributed by atoms with Crippen molar-refractivity contribution in [3.63, 3.8) is 0 Å². The van der Waals surface area contributed by atoms with Gasteiger partial charge in [0.15, 0.2) is 0 Å². The minimum absolute atomic E-state index is 0.286. The lowest BCUT2D eigenvalue weighted by atomic mass is 10.2. The molecule has 2 aromatic rings. The second-order valence-electron chi connectivity index (χ2n) is 4.35. The van der Waals surface area contributed by atoms with Crippen molar-refractivity contribution < 1.29 is 4.79 Å². The van der Waals surface area contributed by atoms with Crippen LogP contribution in [-0.4, -0.2) is 25.0 Å². The van der Waals surface area contributed by atoms with Crippen LogP contribution in [0.5, 0.6) is 0 Å². The largest absolute Gasteiger partial charge is 0.376 e. The second-order valence-corrected chi connectivity index (χ2v) is 5.61. The number of nitrogens with one attached hydrogen (secondary N) is 1. The molecular formula is C14H13BrClN3O. The predicted octanol–water partition coefficient (Wildman–Crippen LogP) is 3.82. The van der Waals surface area contributed by atoms with Gasteiger partial charge < -0.3 is 10.2 Å². The number of carbonyl (C=O) groups is 1. The molecule has 1 heterocycles. The number of amides is 1. The summed E-state index contributed by atoms with van der Waals surface area (Å²) in [7, 11) is 3.81. The maximum Gasteiger partial charge on any atom is 0.275 e. The van der Waals surface area contributed by atoms with E-state index < -0.39 is 0 Å². The van der Waals surface area contributed by atoms with Crippen molar-refractivity contribution in [1.82, 2.24) is 4.98 Å². The molecule has 0 aliphatic carbocycles. The topological polar surface area (TPSA) is 45.2 Å². The average molecular weight is 355 g/mol. The van der Waals surface area contributed by atoms with Crippen LogP contribution in [0.2, 0.25) is 5.02 Å². The molecule has 0 radical (unpaired) electrons. The van der Waals surface area contributed by atoms with Gasteiger partial charge in [0, 0.05) is 30.5 Å². The number of rotatable bonds is 3. The summed E-state index contributed by atoms with van der Waals surface area (Å²) < 4.78 is 0.647. The van der Waals surface area contributed by atoms with Crippen molar-refractivity contribution in [2.75, 3.05) is 24.3 Å². The third-order valence-corrected chi connectivity index (χ3v) is 3.60. The first-order chi connectivity index (χ1) is 9.49. The summed E-state index contributed by atoms with van der Waals surface area (Å²) in [5.74, 6) is -0.286. The molecule has 1 aromatic heterocycles. The molecule has 0 fully saturated rings. The van der Waals surface area contributed by atoms with Gasteiger partial charge in [-0.15, -0.1) is 0 Å². The Morgan fingerprint density at radius 2 is 2.10 bits per heavy atom. The molecule has 104 valence electrons. The van der Waals surface area contributed by atoms with E-state index in [1.165, 1.54) is 0 Å². The summed E-state index contributed by atoms with van der Waals surface area (Å²) in [4.78, 5) is 18.1. The Hall–Kier alpha value is -1.59. The van der Waals surface area contributed by atoms with Gasteiger partial charge in [-0.25, -0.2) is 4.98 Å². The predicted molar refractivity (Wildman–Crippen MR) is 85.7 cm³/mol. The summed E-state index contributed by atoms with van der Waals surface area (Å²) in [5, 5.41) is 3.35. The van der Waals surface area contributed by atoms with Crippen LogP contribution in [0, 0.1) is 0 Å². The lowest BCUT2D eigenvalue weighted by Crippen LogP contribution is -2.15. The highest BCUT2D eigenvalue weighted by molar-refractivity contribution is 9.10. The minimum atomic E-state index is -0.286. The molecular weight excluding hydrogens is 342 g/mol. The summed E-state index contributed by atoms with van der Waals surface area (Å²) in [5.41, 5.74) is 1.85. The molecule has 0 atom stereocenters. The molecule has 0 aliphatic heterocycles. The highest BCUT2D eigenvalue weighted by Crippen LogP contribution is 2.27. The summed E-state index contributed by atoms with van der Waals surface area (Å²) in [6, 6.07) is 8.89. The first-order valence-electron chi connectivity index (χ1n) is 5.88. The van der Waals surface area contributed by atoms with E-state index in [2.05, 4.69) is 26.2 Å². The number of hydrogen-bond acceptors (Lipinski definition) is 3. The fourth-order valence-corrected chi connectivity index (χ4v) is 2.48. The lowest BCUT2D eigenvalue weighted by Gasteiger charge is -2.15. The Bertz CT molecular complexity index is 646. The molecule has 2 rings (SSSR count). The van der Waals surface area contributed by atoms with Gasteiger partial charge in [-0.2, -0.15) is 0 Å². The number of anilines is 2. The highest BCUT2D eigenvalue weighted by atomic mass is 79.9. The van der Waals surface area contributed by atoms with Crippen LogP contribution < -0.4 is 10.2 Å². The van der Waals surface area contributed by atoms with E-state index >= 15 is 0 Å². The number of carbonyl (C=O) groups excluding carboxylic acids is 1. The maximum absolute atomic E-state index is 12.1. The summed E-state index contributed by atoms with van der Waals surface area (Å²) in [6.45, 7) is 0. The van der Waals surface area contributed by atoms with Crippen LogP contribution in [0.3, 0.4) is 0 Å². The van der Waals surface area contributed by atoms with E-state index in [9.17, 15) is 4.79 Å². The first-order valence-corrected chi connectivity index (χ1v) is 7.05. The van der Waals surface area contributed by atoms with Gasteiger partial charge in [-0.3, -0.25) is 4.79 Å². The number of hydrogen-bond donors (Lipinski definition) is 1. The molecule has 1 aromatic carbocycles. The molecule has 1 N–H and O–H groups in total. The van der Waals surface area contributed by atoms with Crippen LogP contribution in [0.15, 0.2) is 41.0 Å². The van der Waals surface area contributed by atoms with Crippen LogP contribution >= 0.6 is 27.5 Å². The first kappa shape index (κ1) is 14.8. The van der Waals surface area contributed by atoms with E-state index in [0.717, 1.165) is 5.69 Å². The number of benzene rings is 1. The van der Waals surface area contributed by atoms with E-state index in [4.69, 9.17) is 11.6 Å². The van der Waals surface area contributed by atoms with E-state index in [-0.39, 0.29) is 5.91 Å². The smallest absolute Gasteiger partial charge is 0.275 e. The second kappa shape index (κ2) is 6.24. The van der Waals surface area contributed by atoms with Gasteiger partial charge in [0.05, 0.1) is 10.7 Å². The van der Waals surface area contributed by atoms with Crippen molar-refractivity contribution in [1.29, 1.82) is 0 Å². The van der Waals surface area contributed by atoms with Crippen LogP contribution in [0.1, 0.15) is 10.5 Å². The van der Waals surface area contributed by atoms with Gasteiger partial charge in [0.2, 0.25) is 0 Å². The van der Waals surface area contributed by atoms with Crippen molar-refractivity contribution in [2.24, 2.45) is 0 Å². The Kier molecular flexibility index (Phi) is 4.62. The molecule has 0 saturated carbocycles. The van der Waals surface area contributed by atoms with E-state index in [1.54, 1.807) is 30.5 Å². The number of pyridine rings is 1. The number of aromatic nitrogens is 1. The Labute approximate surface area is 130 Å². The molecule has 0 saturated heterocycles. The zero-order valence-corrected chi connectivity index (χ0v) is 13.4. The monoisotopic (exact) mass is 353 g/mol. The molecule has 0 aliphatic rings. The van der Waals surface area contributed by atoms with E-state index in [0.29, 0.717) is 20.9 Å². The standard InChI is InChI=1S/C14H13BrClN3O/c1-19(2)12-6-5-9(8-11(12)16)18-14(20)13-10(15)4-3-7-17-13/h3-8H,1-2H3,(H,18,20). The molecule has 6 heteroatoms. The third kappa shape index (κ3) is 3.29. The van der Waals surface area contributed by atoms with Crippen molar-refractivity contribution in [2.45, 2.75) is 0 Å². The Balaban J connectivity index is 2.21. The lowest BCUT2D eigenvalue weighted by molar-refractivity contribution is 0.102. The van der Waals surface area contributed by atoms with Gasteiger partial charge in [-0.1, -0.05) is 11.6 Å². The Morgan fingerprint density at radius 1 is 1.35 bits per heavy atom. The number of halogens is 2. The molecule has 0 bridgehead atoms. The molecule has 20 heavy (non-hydrogen) atoms. The van der Waals surface area contributed by atoms with Gasteiger partial charge in [0.1, 0.15) is 5.69 Å². The van der Waals surface area contributed by atoms with Crippen molar-refractivity contribution >= 4 is 44.8 Å². The maximum atomic E-state index is 12.1. The normalized spacial score (nSPS) is 10.2. The van der Waals surface area contributed by atoms with Gasteiger partial charge in [-0.05, 0) is 46.3 Å². The minimum Gasteiger partial charge on any atom is -0.376 e. The zero-order chi connectivity index (χ0) is 14.7. The summed E-state index contributed by atoms with van der Waals surface area (Å²) >= 11 is 9.47. The van der Waals surface area contributed by atoms with Crippen LogP contribution in [0.25, 0.3) is 0 Å². The van der Waals surface area contributed by atoms with Gasteiger partial charge >= 0.3 is 0 Å². The molecule has 0 spiro atoms. The number of nitrogens with zero attached hydrogens (tertiary/aromatic N) is 2. The SMILES string of the molecule is CN(C)c1ccc(NC(=O)c2ncccc2Br)cc1Cl. The summed E-state index contributed by atoms with van der Waals surface area (Å²) in [6.07, 6.45) is 1.57. The van der Waals surface area contributed by atoms with Crippen molar-refractivity contribution in [3.8, 4) is 0 Å². The molecule has 0 unspecified atom stereocenters.